The van der Waals surface area contributed by atoms with E-state index < -0.39 is 36.9 Å². The van der Waals surface area contributed by atoms with E-state index in [-0.39, 0.29) is 0 Å². The van der Waals surface area contributed by atoms with Crippen molar-refractivity contribution in [2.45, 2.75) is 257 Å². The summed E-state index contributed by atoms with van der Waals surface area (Å²) in [6.45, 7) is 4.03. The van der Waals surface area contributed by atoms with E-state index in [4.69, 9.17) is 0 Å². The minimum Gasteiger partial charge on any atom is -0.394 e. The van der Waals surface area contributed by atoms with Crippen molar-refractivity contribution in [3.8, 4) is 0 Å². The lowest BCUT2D eigenvalue weighted by atomic mass is 10.00. The number of carbonyl (C=O) groups excluding carboxylic acids is 1. The summed E-state index contributed by atoms with van der Waals surface area (Å²) in [5.41, 5.74) is 0. The zero-order valence-electron chi connectivity index (χ0n) is 34.6. The molecule has 4 atom stereocenters. The van der Waals surface area contributed by atoms with E-state index in [1.54, 1.807) is 0 Å². The van der Waals surface area contributed by atoms with Gasteiger partial charge in [0.1, 0.15) is 12.2 Å². The highest BCUT2D eigenvalue weighted by molar-refractivity contribution is 5.80. The monoisotopic (exact) mass is 736 g/mol. The topological polar surface area (TPSA) is 110 Å². The first-order valence-corrected chi connectivity index (χ1v) is 22.7. The van der Waals surface area contributed by atoms with Gasteiger partial charge in [-0.1, -0.05) is 205 Å². The smallest absolute Gasteiger partial charge is 0.249 e. The third-order valence-electron chi connectivity index (χ3n) is 10.6. The van der Waals surface area contributed by atoms with Gasteiger partial charge in [0.25, 0.3) is 0 Å². The molecule has 0 aromatic rings. The second-order valence-electron chi connectivity index (χ2n) is 15.7. The van der Waals surface area contributed by atoms with Crippen molar-refractivity contribution < 1.29 is 25.2 Å². The molecule has 52 heavy (non-hydrogen) atoms. The van der Waals surface area contributed by atoms with Crippen molar-refractivity contribution in [2.24, 2.45) is 0 Å². The van der Waals surface area contributed by atoms with E-state index in [1.165, 1.54) is 161 Å². The van der Waals surface area contributed by atoms with Gasteiger partial charge in [-0.05, 0) is 51.4 Å². The van der Waals surface area contributed by atoms with Crippen molar-refractivity contribution in [1.82, 2.24) is 5.32 Å². The maximum atomic E-state index is 12.5. The normalized spacial score (nSPS) is 14.3. The average molecular weight is 736 g/mol. The molecule has 0 saturated heterocycles. The zero-order valence-corrected chi connectivity index (χ0v) is 34.6. The molecule has 0 fully saturated rings. The molecule has 4 unspecified atom stereocenters. The Hall–Kier alpha value is -1.21. The molecular weight excluding hydrogens is 647 g/mol. The summed E-state index contributed by atoms with van der Waals surface area (Å²) in [7, 11) is 0. The number of allylic oxidation sites excluding steroid dienone is 4. The van der Waals surface area contributed by atoms with E-state index in [0.717, 1.165) is 38.5 Å². The molecule has 0 spiro atoms. The summed E-state index contributed by atoms with van der Waals surface area (Å²) in [4.78, 5) is 12.5. The Bertz CT molecular complexity index is 787. The number of unbranched alkanes of at least 4 members (excludes halogenated alkanes) is 28. The summed E-state index contributed by atoms with van der Waals surface area (Å²) in [6.07, 6.45) is 46.4. The molecular formula is C46H89NO5. The number of aliphatic hydroxyl groups is 4. The second kappa shape index (κ2) is 41.0. The minimum atomic E-state index is -1.29. The molecule has 0 bridgehead atoms. The number of amides is 1. The molecule has 0 radical (unpaired) electrons. The standard InChI is InChI=1S/C46H89NO5/c1-3-5-7-9-11-13-15-17-19-20-21-22-23-24-26-28-30-32-34-36-38-40-44(50)46(52)47-42(41-48)45(51)43(49)39-37-35-33-31-29-27-25-18-16-14-12-10-8-6-4-2/h18,25,31,33,42-45,48-51H,3-17,19-24,26-30,32,34-41H2,1-2H3,(H,47,52)/b25-18+,33-31+. The van der Waals surface area contributed by atoms with Crippen LogP contribution in [-0.2, 0) is 4.79 Å². The number of aliphatic hydroxyl groups excluding tert-OH is 4. The van der Waals surface area contributed by atoms with Gasteiger partial charge in [0.15, 0.2) is 0 Å². The van der Waals surface area contributed by atoms with Crippen LogP contribution in [0.5, 0.6) is 0 Å². The third-order valence-corrected chi connectivity index (χ3v) is 10.6. The van der Waals surface area contributed by atoms with Gasteiger partial charge >= 0.3 is 0 Å². The summed E-state index contributed by atoms with van der Waals surface area (Å²) in [5.74, 6) is -0.595. The fourth-order valence-electron chi connectivity index (χ4n) is 7.01. The summed E-state index contributed by atoms with van der Waals surface area (Å²) in [6, 6.07) is -1.00. The van der Waals surface area contributed by atoms with Crippen LogP contribution in [0.2, 0.25) is 0 Å². The first-order chi connectivity index (χ1) is 25.5. The van der Waals surface area contributed by atoms with Gasteiger partial charge < -0.3 is 25.7 Å². The Kier molecular flexibility index (Phi) is 40.0. The van der Waals surface area contributed by atoms with E-state index >= 15 is 0 Å². The molecule has 0 heterocycles. The van der Waals surface area contributed by atoms with Gasteiger partial charge in [-0.25, -0.2) is 0 Å². The van der Waals surface area contributed by atoms with Crippen molar-refractivity contribution >= 4 is 5.91 Å². The summed E-state index contributed by atoms with van der Waals surface area (Å²) in [5, 5.41) is 43.6. The number of rotatable bonds is 41. The van der Waals surface area contributed by atoms with Crippen LogP contribution in [0.3, 0.4) is 0 Å². The molecule has 6 nitrogen and oxygen atoms in total. The van der Waals surface area contributed by atoms with Crippen LogP contribution in [0.4, 0.5) is 0 Å². The van der Waals surface area contributed by atoms with Crippen LogP contribution in [0.1, 0.15) is 232 Å². The average Bonchev–Trinajstić information content (AvgIpc) is 3.15. The molecule has 308 valence electrons. The Labute approximate surface area is 323 Å². The van der Waals surface area contributed by atoms with Crippen molar-refractivity contribution in [2.75, 3.05) is 6.61 Å². The van der Waals surface area contributed by atoms with E-state index in [0.29, 0.717) is 19.3 Å². The summed E-state index contributed by atoms with van der Waals surface area (Å²) >= 11 is 0. The molecule has 0 aliphatic carbocycles. The fraction of sp³-hybridized carbons (Fsp3) is 0.891. The predicted molar refractivity (Wildman–Crippen MR) is 224 cm³/mol. The second-order valence-corrected chi connectivity index (χ2v) is 15.7. The number of hydrogen-bond acceptors (Lipinski definition) is 5. The van der Waals surface area contributed by atoms with Crippen LogP contribution in [0.15, 0.2) is 24.3 Å². The van der Waals surface area contributed by atoms with Gasteiger partial charge in [-0.2, -0.15) is 0 Å². The van der Waals surface area contributed by atoms with Crippen LogP contribution in [0, 0.1) is 0 Å². The van der Waals surface area contributed by atoms with Gasteiger partial charge in [0.2, 0.25) is 5.91 Å². The molecule has 1 amide bonds. The minimum absolute atomic E-state index is 0.364. The number of nitrogens with one attached hydrogen (secondary N) is 1. The van der Waals surface area contributed by atoms with Gasteiger partial charge in [0.05, 0.1) is 18.8 Å². The molecule has 5 N–H and O–H groups in total. The number of carbonyl (C=O) groups is 1. The first kappa shape index (κ1) is 50.8. The lowest BCUT2D eigenvalue weighted by Gasteiger charge is -2.27. The molecule has 0 aromatic carbocycles. The fourth-order valence-corrected chi connectivity index (χ4v) is 7.01. The van der Waals surface area contributed by atoms with Crippen LogP contribution < -0.4 is 5.32 Å². The molecule has 0 aromatic heterocycles. The molecule has 0 aliphatic rings. The van der Waals surface area contributed by atoms with Crippen molar-refractivity contribution in [1.29, 1.82) is 0 Å². The van der Waals surface area contributed by atoms with E-state index in [2.05, 4.69) is 43.5 Å². The largest absolute Gasteiger partial charge is 0.394 e. The number of hydrogen-bond donors (Lipinski definition) is 5. The van der Waals surface area contributed by atoms with Crippen LogP contribution >= 0.6 is 0 Å². The maximum absolute atomic E-state index is 12.5. The van der Waals surface area contributed by atoms with Crippen molar-refractivity contribution in [3.05, 3.63) is 24.3 Å². The quantitative estimate of drug-likeness (QED) is 0.0317. The van der Waals surface area contributed by atoms with Gasteiger partial charge in [0, 0.05) is 0 Å². The Balaban J connectivity index is 3.74. The summed E-state index contributed by atoms with van der Waals surface area (Å²) < 4.78 is 0. The molecule has 0 saturated carbocycles. The highest BCUT2D eigenvalue weighted by Crippen LogP contribution is 2.16. The highest BCUT2D eigenvalue weighted by Gasteiger charge is 2.28. The lowest BCUT2D eigenvalue weighted by Crippen LogP contribution is -2.53. The van der Waals surface area contributed by atoms with Crippen LogP contribution in [-0.4, -0.2) is 57.3 Å². The third kappa shape index (κ3) is 34.6. The highest BCUT2D eigenvalue weighted by atomic mass is 16.3. The Morgan fingerprint density at radius 1 is 0.462 bits per heavy atom. The SMILES string of the molecule is CCCCCCCC/C=C/CC/C=C/CCCC(O)C(O)C(CO)NC(=O)C(O)CCCCCCCCCCCCCCCCCCCCCCC. The zero-order chi connectivity index (χ0) is 38.2. The Morgan fingerprint density at radius 2 is 0.808 bits per heavy atom. The van der Waals surface area contributed by atoms with Crippen molar-refractivity contribution in [3.63, 3.8) is 0 Å². The van der Waals surface area contributed by atoms with Crippen LogP contribution in [0.25, 0.3) is 0 Å². The maximum Gasteiger partial charge on any atom is 0.249 e. The van der Waals surface area contributed by atoms with E-state index in [1.807, 2.05) is 0 Å². The predicted octanol–water partition coefficient (Wildman–Crippen LogP) is 12.0. The van der Waals surface area contributed by atoms with Gasteiger partial charge in [-0.3, -0.25) is 4.79 Å². The molecule has 0 rings (SSSR count). The lowest BCUT2D eigenvalue weighted by molar-refractivity contribution is -0.132. The van der Waals surface area contributed by atoms with E-state index in [9.17, 15) is 25.2 Å². The van der Waals surface area contributed by atoms with Gasteiger partial charge in [-0.15, -0.1) is 0 Å². The Morgan fingerprint density at radius 3 is 1.21 bits per heavy atom. The molecule has 6 heteroatoms. The first-order valence-electron chi connectivity index (χ1n) is 22.7. The molecule has 0 aliphatic heterocycles.